The molecule has 15 heavy (non-hydrogen) atoms. The van der Waals surface area contributed by atoms with Gasteiger partial charge in [0.1, 0.15) is 5.75 Å². The molecule has 0 aliphatic rings. The van der Waals surface area contributed by atoms with Crippen LogP contribution in [0.4, 0.5) is 0 Å². The Labute approximate surface area is 89.3 Å². The lowest BCUT2D eigenvalue weighted by atomic mass is 10.2. The molecule has 3 N–H and O–H groups in total. The molecule has 0 bridgehead atoms. The summed E-state index contributed by atoms with van der Waals surface area (Å²) in [5, 5.41) is 9.09. The highest BCUT2D eigenvalue weighted by atomic mass is 16.3. The Morgan fingerprint density at radius 1 is 1.40 bits per heavy atom. The molecule has 0 fully saturated rings. The molecule has 1 amide bonds. The third-order valence-electron chi connectivity index (χ3n) is 2.18. The van der Waals surface area contributed by atoms with Gasteiger partial charge in [0.15, 0.2) is 0 Å². The largest absolute Gasteiger partial charge is 0.508 e. The summed E-state index contributed by atoms with van der Waals surface area (Å²) in [7, 11) is 0. The van der Waals surface area contributed by atoms with Crippen LogP contribution >= 0.6 is 0 Å². The van der Waals surface area contributed by atoms with E-state index in [2.05, 4.69) is 0 Å². The van der Waals surface area contributed by atoms with E-state index in [0.29, 0.717) is 25.2 Å². The van der Waals surface area contributed by atoms with Crippen molar-refractivity contribution >= 4 is 5.91 Å². The first kappa shape index (κ1) is 11.5. The zero-order valence-electron chi connectivity index (χ0n) is 8.81. The standard InChI is InChI=1S/C11H16N2O2/c1-2-13(8-7-12)11(15)9-3-5-10(14)6-4-9/h3-6,14H,2,7-8,12H2,1H3. The monoisotopic (exact) mass is 208 g/mol. The lowest BCUT2D eigenvalue weighted by Crippen LogP contribution is -2.35. The van der Waals surface area contributed by atoms with E-state index in [9.17, 15) is 4.79 Å². The van der Waals surface area contributed by atoms with Crippen LogP contribution in [0.5, 0.6) is 5.75 Å². The molecule has 0 radical (unpaired) electrons. The van der Waals surface area contributed by atoms with E-state index in [1.807, 2.05) is 6.92 Å². The van der Waals surface area contributed by atoms with Gasteiger partial charge in [-0.1, -0.05) is 0 Å². The highest BCUT2D eigenvalue weighted by Crippen LogP contribution is 2.11. The fourth-order valence-electron chi connectivity index (χ4n) is 1.35. The third-order valence-corrected chi connectivity index (χ3v) is 2.18. The number of amides is 1. The Kier molecular flexibility index (Phi) is 4.12. The maximum atomic E-state index is 11.9. The van der Waals surface area contributed by atoms with E-state index in [1.165, 1.54) is 12.1 Å². The molecule has 0 aliphatic heterocycles. The zero-order chi connectivity index (χ0) is 11.3. The number of benzene rings is 1. The molecule has 0 saturated heterocycles. The first-order chi connectivity index (χ1) is 7.19. The van der Waals surface area contributed by atoms with Crippen LogP contribution in [0.3, 0.4) is 0 Å². The maximum absolute atomic E-state index is 11.9. The van der Waals surface area contributed by atoms with Gasteiger partial charge < -0.3 is 15.7 Å². The van der Waals surface area contributed by atoms with Crippen LogP contribution in [0.1, 0.15) is 17.3 Å². The Balaban J connectivity index is 2.78. The van der Waals surface area contributed by atoms with Gasteiger partial charge in [-0.15, -0.1) is 0 Å². The lowest BCUT2D eigenvalue weighted by molar-refractivity contribution is 0.0769. The van der Waals surface area contributed by atoms with E-state index in [4.69, 9.17) is 10.8 Å². The average molecular weight is 208 g/mol. The van der Waals surface area contributed by atoms with Crippen molar-refractivity contribution < 1.29 is 9.90 Å². The number of hydrogen-bond donors (Lipinski definition) is 2. The molecule has 0 aromatic heterocycles. The Bertz CT molecular complexity index is 322. The number of carbonyl (C=O) groups excluding carboxylic acids is 1. The van der Waals surface area contributed by atoms with E-state index in [-0.39, 0.29) is 11.7 Å². The number of nitrogens with two attached hydrogens (primary N) is 1. The van der Waals surface area contributed by atoms with Crippen LogP contribution in [-0.4, -0.2) is 35.5 Å². The average Bonchev–Trinajstić information content (AvgIpc) is 2.26. The summed E-state index contributed by atoms with van der Waals surface area (Å²) in [5.74, 6) is 0.108. The SMILES string of the molecule is CCN(CCN)C(=O)c1ccc(O)cc1. The van der Waals surface area contributed by atoms with Crippen LogP contribution in [0.25, 0.3) is 0 Å². The van der Waals surface area contributed by atoms with E-state index >= 15 is 0 Å². The molecular weight excluding hydrogens is 192 g/mol. The highest BCUT2D eigenvalue weighted by molar-refractivity contribution is 5.94. The molecule has 4 heteroatoms. The first-order valence-electron chi connectivity index (χ1n) is 4.97. The van der Waals surface area contributed by atoms with Crippen LogP contribution in [0.2, 0.25) is 0 Å². The van der Waals surface area contributed by atoms with Crippen molar-refractivity contribution in [2.75, 3.05) is 19.6 Å². The van der Waals surface area contributed by atoms with Gasteiger partial charge in [-0.05, 0) is 31.2 Å². The molecular formula is C11H16N2O2. The molecule has 0 aliphatic carbocycles. The van der Waals surface area contributed by atoms with Crippen molar-refractivity contribution in [2.24, 2.45) is 5.73 Å². The molecule has 0 atom stereocenters. The molecule has 1 aromatic rings. The van der Waals surface area contributed by atoms with Gasteiger partial charge in [0.2, 0.25) is 0 Å². The van der Waals surface area contributed by atoms with Crippen molar-refractivity contribution in [2.45, 2.75) is 6.92 Å². The smallest absolute Gasteiger partial charge is 0.253 e. The summed E-state index contributed by atoms with van der Waals surface area (Å²) in [6.45, 7) is 3.55. The second kappa shape index (κ2) is 5.36. The summed E-state index contributed by atoms with van der Waals surface area (Å²) >= 11 is 0. The second-order valence-corrected chi connectivity index (χ2v) is 3.22. The van der Waals surface area contributed by atoms with Gasteiger partial charge in [0.25, 0.3) is 5.91 Å². The topological polar surface area (TPSA) is 66.6 Å². The minimum absolute atomic E-state index is 0.0528. The maximum Gasteiger partial charge on any atom is 0.253 e. The van der Waals surface area contributed by atoms with Gasteiger partial charge >= 0.3 is 0 Å². The summed E-state index contributed by atoms with van der Waals surface area (Å²) in [4.78, 5) is 13.5. The van der Waals surface area contributed by atoms with Crippen LogP contribution in [-0.2, 0) is 0 Å². The Hall–Kier alpha value is -1.55. The minimum atomic E-state index is -0.0528. The normalized spacial score (nSPS) is 10.0. The summed E-state index contributed by atoms with van der Waals surface area (Å²) in [6.07, 6.45) is 0. The lowest BCUT2D eigenvalue weighted by Gasteiger charge is -2.19. The number of aromatic hydroxyl groups is 1. The van der Waals surface area contributed by atoms with Gasteiger partial charge in [-0.3, -0.25) is 4.79 Å². The van der Waals surface area contributed by atoms with Gasteiger partial charge in [0, 0.05) is 25.2 Å². The quantitative estimate of drug-likeness (QED) is 0.769. The van der Waals surface area contributed by atoms with Crippen molar-refractivity contribution in [1.29, 1.82) is 0 Å². The van der Waals surface area contributed by atoms with Crippen molar-refractivity contribution in [3.63, 3.8) is 0 Å². The van der Waals surface area contributed by atoms with Crippen molar-refractivity contribution in [3.8, 4) is 5.75 Å². The molecule has 1 aromatic carbocycles. The van der Waals surface area contributed by atoms with Gasteiger partial charge in [-0.25, -0.2) is 0 Å². The zero-order valence-corrected chi connectivity index (χ0v) is 8.81. The van der Waals surface area contributed by atoms with Crippen molar-refractivity contribution in [3.05, 3.63) is 29.8 Å². The summed E-state index contributed by atoms with van der Waals surface area (Å²) < 4.78 is 0. The fourth-order valence-corrected chi connectivity index (χ4v) is 1.35. The predicted molar refractivity (Wildman–Crippen MR) is 58.7 cm³/mol. The van der Waals surface area contributed by atoms with Gasteiger partial charge in [-0.2, -0.15) is 0 Å². The third kappa shape index (κ3) is 2.95. The van der Waals surface area contributed by atoms with Crippen LogP contribution < -0.4 is 5.73 Å². The highest BCUT2D eigenvalue weighted by Gasteiger charge is 2.12. The first-order valence-corrected chi connectivity index (χ1v) is 4.97. The molecule has 0 unspecified atom stereocenters. The van der Waals surface area contributed by atoms with E-state index in [0.717, 1.165) is 0 Å². The number of phenols is 1. The second-order valence-electron chi connectivity index (χ2n) is 3.22. The fraction of sp³-hybridized carbons (Fsp3) is 0.364. The Morgan fingerprint density at radius 2 is 2.00 bits per heavy atom. The van der Waals surface area contributed by atoms with Crippen LogP contribution in [0, 0.1) is 0 Å². The molecule has 0 saturated carbocycles. The molecule has 1 rings (SSSR count). The van der Waals surface area contributed by atoms with Crippen LogP contribution in [0.15, 0.2) is 24.3 Å². The number of phenolic OH excluding ortho intramolecular Hbond substituents is 1. The number of nitrogens with zero attached hydrogens (tertiary/aromatic N) is 1. The van der Waals surface area contributed by atoms with E-state index < -0.39 is 0 Å². The molecule has 4 nitrogen and oxygen atoms in total. The predicted octanol–water partition coefficient (Wildman–Crippen LogP) is 0.813. The molecule has 0 spiro atoms. The number of rotatable bonds is 4. The Morgan fingerprint density at radius 3 is 2.47 bits per heavy atom. The van der Waals surface area contributed by atoms with Crippen molar-refractivity contribution in [1.82, 2.24) is 4.90 Å². The molecule has 82 valence electrons. The summed E-state index contributed by atoms with van der Waals surface area (Å²) in [5.41, 5.74) is 5.98. The molecule has 0 heterocycles. The minimum Gasteiger partial charge on any atom is -0.508 e. The number of carbonyl (C=O) groups is 1. The summed E-state index contributed by atoms with van der Waals surface area (Å²) in [6, 6.07) is 6.22. The van der Waals surface area contributed by atoms with E-state index in [1.54, 1.807) is 17.0 Å². The van der Waals surface area contributed by atoms with Gasteiger partial charge in [0.05, 0.1) is 0 Å². The number of hydrogen-bond acceptors (Lipinski definition) is 3. The number of likely N-dealkylation sites (N-methyl/N-ethyl adjacent to an activating group) is 1.